The van der Waals surface area contributed by atoms with Crippen molar-refractivity contribution in [2.45, 2.75) is 46.1 Å². The summed E-state index contributed by atoms with van der Waals surface area (Å²) in [5.41, 5.74) is 2.67. The number of aryl methyl sites for hydroxylation is 1. The molecule has 0 aliphatic heterocycles. The molecule has 2 nitrogen and oxygen atoms in total. The summed E-state index contributed by atoms with van der Waals surface area (Å²) in [5.74, 6) is 0.799. The number of pyridine rings is 1. The highest BCUT2D eigenvalue weighted by Crippen LogP contribution is 2.22. The Kier molecular flexibility index (Phi) is 5.47. The summed E-state index contributed by atoms with van der Waals surface area (Å²) >= 11 is 0. The molecule has 1 rings (SSSR count). The van der Waals surface area contributed by atoms with E-state index in [1.807, 2.05) is 19.4 Å². The molecule has 16 heavy (non-hydrogen) atoms. The molecular formula is C14H24N2. The van der Waals surface area contributed by atoms with Crippen LogP contribution < -0.4 is 5.32 Å². The Bertz CT molecular complexity index is 307. The SMILES string of the molecule is CNC(CCCC(C)C)c1cnccc1C. The van der Waals surface area contributed by atoms with Crippen LogP contribution in [0.3, 0.4) is 0 Å². The van der Waals surface area contributed by atoms with E-state index < -0.39 is 0 Å². The maximum atomic E-state index is 4.22. The van der Waals surface area contributed by atoms with Crippen molar-refractivity contribution in [3.63, 3.8) is 0 Å². The van der Waals surface area contributed by atoms with Gasteiger partial charge in [-0.1, -0.05) is 26.7 Å². The average Bonchev–Trinajstić information content (AvgIpc) is 2.25. The van der Waals surface area contributed by atoms with Crippen molar-refractivity contribution in [3.05, 3.63) is 29.6 Å². The number of hydrogen-bond donors (Lipinski definition) is 1. The predicted molar refractivity (Wildman–Crippen MR) is 69.5 cm³/mol. The van der Waals surface area contributed by atoms with Gasteiger partial charge in [0.25, 0.3) is 0 Å². The summed E-state index contributed by atoms with van der Waals surface area (Å²) < 4.78 is 0. The van der Waals surface area contributed by atoms with Crippen LogP contribution in [0.1, 0.15) is 50.3 Å². The highest BCUT2D eigenvalue weighted by Gasteiger charge is 2.11. The van der Waals surface area contributed by atoms with Gasteiger partial charge in [0, 0.05) is 18.4 Å². The van der Waals surface area contributed by atoms with Gasteiger partial charge in [-0.05, 0) is 43.5 Å². The van der Waals surface area contributed by atoms with Gasteiger partial charge < -0.3 is 5.32 Å². The van der Waals surface area contributed by atoms with E-state index in [0.29, 0.717) is 6.04 Å². The van der Waals surface area contributed by atoms with Crippen LogP contribution in [0.25, 0.3) is 0 Å². The normalized spacial score (nSPS) is 13.1. The van der Waals surface area contributed by atoms with Crippen molar-refractivity contribution in [1.82, 2.24) is 10.3 Å². The third-order valence-corrected chi connectivity index (χ3v) is 3.08. The zero-order valence-electron chi connectivity index (χ0n) is 11.0. The van der Waals surface area contributed by atoms with Crippen molar-refractivity contribution < 1.29 is 0 Å². The lowest BCUT2D eigenvalue weighted by Crippen LogP contribution is -2.17. The molecule has 0 aliphatic carbocycles. The molecule has 0 amide bonds. The number of nitrogens with zero attached hydrogens (tertiary/aromatic N) is 1. The summed E-state index contributed by atoms with van der Waals surface area (Å²) in [4.78, 5) is 4.22. The minimum Gasteiger partial charge on any atom is -0.313 e. The molecule has 0 bridgehead atoms. The topological polar surface area (TPSA) is 24.9 Å². The predicted octanol–water partition coefficient (Wildman–Crippen LogP) is 3.48. The maximum absolute atomic E-state index is 4.22. The fourth-order valence-corrected chi connectivity index (χ4v) is 2.03. The van der Waals surface area contributed by atoms with Crippen LogP contribution in [0, 0.1) is 12.8 Å². The molecule has 0 radical (unpaired) electrons. The number of rotatable bonds is 6. The highest BCUT2D eigenvalue weighted by molar-refractivity contribution is 5.24. The molecule has 0 spiro atoms. The first kappa shape index (κ1) is 13.2. The summed E-state index contributed by atoms with van der Waals surface area (Å²) in [6.45, 7) is 6.72. The molecule has 1 aromatic heterocycles. The maximum Gasteiger partial charge on any atom is 0.0335 e. The zero-order chi connectivity index (χ0) is 12.0. The second kappa shape index (κ2) is 6.64. The van der Waals surface area contributed by atoms with Gasteiger partial charge in [0.15, 0.2) is 0 Å². The fourth-order valence-electron chi connectivity index (χ4n) is 2.03. The smallest absolute Gasteiger partial charge is 0.0335 e. The molecule has 1 atom stereocenters. The molecular weight excluding hydrogens is 196 g/mol. The van der Waals surface area contributed by atoms with E-state index in [-0.39, 0.29) is 0 Å². The molecule has 2 heteroatoms. The summed E-state index contributed by atoms with van der Waals surface area (Å²) in [7, 11) is 2.03. The van der Waals surface area contributed by atoms with E-state index in [1.54, 1.807) is 0 Å². The molecule has 0 saturated carbocycles. The van der Waals surface area contributed by atoms with Crippen molar-refractivity contribution >= 4 is 0 Å². The lowest BCUT2D eigenvalue weighted by atomic mass is 9.97. The van der Waals surface area contributed by atoms with E-state index in [4.69, 9.17) is 0 Å². The lowest BCUT2D eigenvalue weighted by Gasteiger charge is -2.18. The van der Waals surface area contributed by atoms with Crippen LogP contribution in [0.2, 0.25) is 0 Å². The number of hydrogen-bond acceptors (Lipinski definition) is 2. The first-order chi connectivity index (χ1) is 7.65. The third kappa shape index (κ3) is 3.93. The summed E-state index contributed by atoms with van der Waals surface area (Å²) in [5, 5.41) is 3.39. The summed E-state index contributed by atoms with van der Waals surface area (Å²) in [6.07, 6.45) is 7.63. The second-order valence-electron chi connectivity index (χ2n) is 4.90. The van der Waals surface area contributed by atoms with Crippen LogP contribution >= 0.6 is 0 Å². The highest BCUT2D eigenvalue weighted by atomic mass is 14.9. The molecule has 1 heterocycles. The van der Waals surface area contributed by atoms with Gasteiger partial charge in [-0.15, -0.1) is 0 Å². The first-order valence-corrected chi connectivity index (χ1v) is 6.23. The third-order valence-electron chi connectivity index (χ3n) is 3.08. The molecule has 0 fully saturated rings. The van der Waals surface area contributed by atoms with Gasteiger partial charge in [-0.3, -0.25) is 4.98 Å². The second-order valence-corrected chi connectivity index (χ2v) is 4.90. The minimum atomic E-state index is 0.451. The Morgan fingerprint density at radius 3 is 2.62 bits per heavy atom. The minimum absolute atomic E-state index is 0.451. The number of aromatic nitrogens is 1. The van der Waals surface area contributed by atoms with Crippen LogP contribution in [0.4, 0.5) is 0 Å². The Morgan fingerprint density at radius 1 is 1.31 bits per heavy atom. The zero-order valence-corrected chi connectivity index (χ0v) is 11.0. The van der Waals surface area contributed by atoms with Crippen LogP contribution in [0.5, 0.6) is 0 Å². The molecule has 0 saturated heterocycles. The van der Waals surface area contributed by atoms with Gasteiger partial charge >= 0.3 is 0 Å². The van der Waals surface area contributed by atoms with E-state index in [0.717, 1.165) is 5.92 Å². The quantitative estimate of drug-likeness (QED) is 0.794. The van der Waals surface area contributed by atoms with E-state index in [9.17, 15) is 0 Å². The summed E-state index contributed by atoms with van der Waals surface area (Å²) in [6, 6.07) is 2.54. The van der Waals surface area contributed by atoms with Crippen LogP contribution in [0.15, 0.2) is 18.5 Å². The molecule has 0 aliphatic rings. The van der Waals surface area contributed by atoms with E-state index >= 15 is 0 Å². The number of nitrogens with one attached hydrogen (secondary N) is 1. The van der Waals surface area contributed by atoms with Crippen molar-refractivity contribution in [2.75, 3.05) is 7.05 Å². The molecule has 0 aromatic carbocycles. The van der Waals surface area contributed by atoms with Crippen molar-refractivity contribution in [1.29, 1.82) is 0 Å². The van der Waals surface area contributed by atoms with Gasteiger partial charge in [0.1, 0.15) is 0 Å². The molecule has 1 aromatic rings. The standard InChI is InChI=1S/C14H24N2/c1-11(2)6-5-7-14(15-4)13-10-16-9-8-12(13)3/h8-11,14-15H,5-7H2,1-4H3. The monoisotopic (exact) mass is 220 g/mol. The Balaban J connectivity index is 2.57. The molecule has 1 N–H and O–H groups in total. The van der Waals surface area contributed by atoms with Gasteiger partial charge in [0.2, 0.25) is 0 Å². The van der Waals surface area contributed by atoms with Gasteiger partial charge in [-0.25, -0.2) is 0 Å². The van der Waals surface area contributed by atoms with E-state index in [2.05, 4.69) is 37.1 Å². The Morgan fingerprint density at radius 2 is 2.06 bits per heavy atom. The van der Waals surface area contributed by atoms with E-state index in [1.165, 1.54) is 30.4 Å². The first-order valence-electron chi connectivity index (χ1n) is 6.23. The fraction of sp³-hybridized carbons (Fsp3) is 0.643. The largest absolute Gasteiger partial charge is 0.313 e. The van der Waals surface area contributed by atoms with Crippen LogP contribution in [-0.4, -0.2) is 12.0 Å². The molecule has 1 unspecified atom stereocenters. The Hall–Kier alpha value is -0.890. The van der Waals surface area contributed by atoms with Gasteiger partial charge in [0.05, 0.1) is 0 Å². The van der Waals surface area contributed by atoms with Crippen molar-refractivity contribution in [2.24, 2.45) is 5.92 Å². The Labute approximate surface area is 99.5 Å². The van der Waals surface area contributed by atoms with Crippen molar-refractivity contribution in [3.8, 4) is 0 Å². The van der Waals surface area contributed by atoms with Gasteiger partial charge in [-0.2, -0.15) is 0 Å². The van der Waals surface area contributed by atoms with Crippen LogP contribution in [-0.2, 0) is 0 Å². The average molecular weight is 220 g/mol. The lowest BCUT2D eigenvalue weighted by molar-refractivity contribution is 0.469. The molecule has 90 valence electrons.